The number of nitrogens with zero attached hydrogens (tertiary/aromatic N) is 4. The Kier molecular flexibility index (Phi) is 5.91. The van der Waals surface area contributed by atoms with Crippen molar-refractivity contribution < 1.29 is 34.1 Å². The number of methoxy groups -OCH3 is 1. The van der Waals surface area contributed by atoms with Crippen molar-refractivity contribution in [2.75, 3.05) is 12.5 Å². The zero-order valence-corrected chi connectivity index (χ0v) is 18.8. The maximum absolute atomic E-state index is 11.5. The molecular formula is C17H17ClN6O3Zn. The molecule has 1 aliphatic carbocycles. The number of hydrogen-bond acceptors (Lipinski definition) is 7. The van der Waals surface area contributed by atoms with E-state index in [0.29, 0.717) is 28.9 Å². The van der Waals surface area contributed by atoms with Gasteiger partial charge < -0.3 is 15.2 Å². The van der Waals surface area contributed by atoms with Gasteiger partial charge in [-0.2, -0.15) is 5.10 Å². The maximum atomic E-state index is 11.5. The fourth-order valence-electron chi connectivity index (χ4n) is 2.75. The number of carbonyl (C=O) groups is 1. The smallest absolute Gasteiger partial charge is 0.355 e. The third-order valence-electron chi connectivity index (χ3n) is 4.20. The Bertz CT molecular complexity index is 956. The van der Waals surface area contributed by atoms with Crippen molar-refractivity contribution in [1.29, 1.82) is 0 Å². The summed E-state index contributed by atoms with van der Waals surface area (Å²) in [4.78, 5) is 15.8. The van der Waals surface area contributed by atoms with Crippen LogP contribution in [-0.2, 0) is 24.3 Å². The van der Waals surface area contributed by atoms with Gasteiger partial charge in [0.05, 0.1) is 30.6 Å². The number of para-hydroxylation sites is 1. The maximum Gasteiger partial charge on any atom is 0.355 e. The van der Waals surface area contributed by atoms with Gasteiger partial charge in [-0.05, 0) is 25.0 Å². The van der Waals surface area contributed by atoms with E-state index in [9.17, 15) is 9.90 Å². The zero-order chi connectivity index (χ0) is 19.0. The molecule has 9 nitrogen and oxygen atoms in total. The van der Waals surface area contributed by atoms with Crippen LogP contribution in [0.1, 0.15) is 18.9 Å². The van der Waals surface area contributed by atoms with Crippen LogP contribution < -0.4 is 15.5 Å². The molecule has 2 aliphatic rings. The first kappa shape index (κ1) is 20.2. The summed E-state index contributed by atoms with van der Waals surface area (Å²) >= 11 is 5.96. The van der Waals surface area contributed by atoms with Crippen molar-refractivity contribution in [2.24, 2.45) is 0 Å². The predicted molar refractivity (Wildman–Crippen MR) is 98.5 cm³/mol. The Morgan fingerprint density at radius 3 is 2.89 bits per heavy atom. The van der Waals surface area contributed by atoms with Gasteiger partial charge in [0.15, 0.2) is 17.3 Å². The van der Waals surface area contributed by atoms with Crippen molar-refractivity contribution in [3.63, 3.8) is 0 Å². The van der Waals surface area contributed by atoms with Crippen LogP contribution in [0.15, 0.2) is 47.8 Å². The Balaban J connectivity index is 0.00000225. The number of nitrogens with one attached hydrogen (secondary N) is 2. The molecule has 0 saturated heterocycles. The first-order chi connectivity index (χ1) is 13.1. The van der Waals surface area contributed by atoms with E-state index < -0.39 is 5.97 Å². The third-order valence-corrected chi connectivity index (χ3v) is 4.41. The van der Waals surface area contributed by atoms with E-state index in [1.807, 2.05) is 16.8 Å². The summed E-state index contributed by atoms with van der Waals surface area (Å²) in [5, 5.41) is 18.1. The third kappa shape index (κ3) is 3.98. The number of anilines is 1. The molecule has 2 aromatic rings. The van der Waals surface area contributed by atoms with Gasteiger partial charge in [0, 0.05) is 25.7 Å². The second-order valence-corrected chi connectivity index (χ2v) is 6.51. The molecule has 1 saturated carbocycles. The summed E-state index contributed by atoms with van der Waals surface area (Å²) in [6.45, 7) is 0. The number of hydrogen-bond donors (Lipinski definition) is 3. The van der Waals surface area contributed by atoms with Gasteiger partial charge in [0.25, 0.3) is 0 Å². The van der Waals surface area contributed by atoms with Gasteiger partial charge in [-0.3, -0.25) is 10.4 Å². The van der Waals surface area contributed by atoms with E-state index in [0.717, 1.165) is 12.8 Å². The van der Waals surface area contributed by atoms with Crippen molar-refractivity contribution in [3.05, 3.63) is 47.8 Å². The summed E-state index contributed by atoms with van der Waals surface area (Å²) in [5.41, 5.74) is 4.24. The van der Waals surface area contributed by atoms with Gasteiger partial charge >= 0.3 is 5.97 Å². The summed E-state index contributed by atoms with van der Waals surface area (Å²) in [6.07, 6.45) is 6.67. The molecule has 1 aromatic heterocycles. The largest absolute Gasteiger partial charge is 0.494 e. The molecule has 2 heterocycles. The van der Waals surface area contributed by atoms with Crippen LogP contribution in [0, 0.1) is 0 Å². The predicted octanol–water partition coefficient (Wildman–Crippen LogP) is 2.48. The molecule has 0 unspecified atom stereocenters. The minimum absolute atomic E-state index is 0. The molecular weight excluding hydrogens is 437 g/mol. The van der Waals surface area contributed by atoms with Crippen LogP contribution in [0.25, 0.3) is 11.4 Å². The number of halogens is 1. The minimum Gasteiger partial charge on any atom is -0.494 e. The summed E-state index contributed by atoms with van der Waals surface area (Å²) in [7, 11) is 1.54. The second-order valence-electron chi connectivity index (χ2n) is 6.10. The van der Waals surface area contributed by atoms with Gasteiger partial charge in [0.1, 0.15) is 11.5 Å². The Morgan fingerprint density at radius 2 is 2.21 bits per heavy atom. The van der Waals surface area contributed by atoms with E-state index in [1.165, 1.54) is 24.5 Å². The average molecular weight is 454 g/mol. The molecule has 0 radical (unpaired) electrons. The molecule has 1 fully saturated rings. The van der Waals surface area contributed by atoms with Crippen LogP contribution in [0.2, 0.25) is 0 Å². The van der Waals surface area contributed by atoms with E-state index in [4.69, 9.17) is 16.3 Å². The Labute approximate surface area is 178 Å². The van der Waals surface area contributed by atoms with Crippen LogP contribution in [-0.4, -0.2) is 38.0 Å². The van der Waals surface area contributed by atoms with E-state index in [-0.39, 0.29) is 30.3 Å². The van der Waals surface area contributed by atoms with Gasteiger partial charge in [0.2, 0.25) is 0 Å². The number of carboxylic acid groups (broad SMARTS) is 1. The molecule has 11 heteroatoms. The van der Waals surface area contributed by atoms with E-state index in [2.05, 4.69) is 20.8 Å². The van der Waals surface area contributed by atoms with Gasteiger partial charge in [-0.25, -0.2) is 14.5 Å². The van der Waals surface area contributed by atoms with Gasteiger partial charge in [-0.1, -0.05) is 17.7 Å². The standard InChI is InChI=1S/C17H17ClN6O3.Zn/c1-27-15-11(16-20-9-24(22-16)10-5-6-10)3-2-4-12(15)21-23-8-14(18)19-7-13(23)17(25)26;/h2-4,7-10,19,21H,5-6H2,1H3,(H,25,26);. The molecule has 0 spiro atoms. The van der Waals surface area contributed by atoms with E-state index >= 15 is 0 Å². The van der Waals surface area contributed by atoms with Crippen molar-refractivity contribution in [3.8, 4) is 17.1 Å². The van der Waals surface area contributed by atoms with Crippen LogP contribution in [0.3, 0.4) is 0 Å². The van der Waals surface area contributed by atoms with Crippen molar-refractivity contribution >= 4 is 23.3 Å². The molecule has 0 amide bonds. The summed E-state index contributed by atoms with van der Waals surface area (Å²) in [5.74, 6) is -0.0699. The fraction of sp³-hybridized carbons (Fsp3) is 0.235. The minimum atomic E-state index is -1.12. The molecule has 1 aliphatic heterocycles. The van der Waals surface area contributed by atoms with Gasteiger partial charge in [-0.15, -0.1) is 0 Å². The molecule has 0 bridgehead atoms. The number of aromatic nitrogens is 3. The molecule has 1 aromatic carbocycles. The van der Waals surface area contributed by atoms with Crippen LogP contribution in [0.5, 0.6) is 5.75 Å². The monoisotopic (exact) mass is 452 g/mol. The molecule has 142 valence electrons. The number of aliphatic carboxylic acids is 1. The first-order valence-corrected chi connectivity index (χ1v) is 8.66. The van der Waals surface area contributed by atoms with Crippen LogP contribution in [0.4, 0.5) is 5.69 Å². The molecule has 4 rings (SSSR count). The topological polar surface area (TPSA) is 105 Å². The van der Waals surface area contributed by atoms with Crippen molar-refractivity contribution in [2.45, 2.75) is 18.9 Å². The normalized spacial score (nSPS) is 15.7. The quantitative estimate of drug-likeness (QED) is 0.452. The van der Waals surface area contributed by atoms with E-state index in [1.54, 1.807) is 12.4 Å². The number of carboxylic acids is 1. The second kappa shape index (κ2) is 8.20. The zero-order valence-electron chi connectivity index (χ0n) is 15.1. The van der Waals surface area contributed by atoms with Crippen LogP contribution >= 0.6 is 11.6 Å². The first-order valence-electron chi connectivity index (χ1n) is 8.28. The molecule has 28 heavy (non-hydrogen) atoms. The number of benzene rings is 1. The average Bonchev–Trinajstić information content (AvgIpc) is 3.38. The Hall–Kier alpha value is -2.58. The molecule has 0 atom stereocenters. The number of ether oxygens (including phenoxy) is 1. The number of hydrazine groups is 1. The van der Waals surface area contributed by atoms with Crippen molar-refractivity contribution in [1.82, 2.24) is 25.1 Å². The Morgan fingerprint density at radius 1 is 1.43 bits per heavy atom. The summed E-state index contributed by atoms with van der Waals surface area (Å²) in [6, 6.07) is 5.86. The summed E-state index contributed by atoms with van der Waals surface area (Å²) < 4.78 is 7.43. The molecule has 3 N–H and O–H groups in total. The number of rotatable bonds is 6. The fourth-order valence-corrected chi connectivity index (χ4v) is 2.90. The SMILES string of the molecule is COc1c(NN2C=C(Cl)NC=C2C(=O)O)cccc1-c1ncn(C2CC2)n1.[Zn].